The van der Waals surface area contributed by atoms with Crippen molar-refractivity contribution in [3.63, 3.8) is 0 Å². The third-order valence-corrected chi connectivity index (χ3v) is 3.10. The Morgan fingerprint density at radius 1 is 1.24 bits per heavy atom. The van der Waals surface area contributed by atoms with E-state index in [1.807, 2.05) is 17.6 Å². The molecule has 1 aromatic rings. The van der Waals surface area contributed by atoms with Gasteiger partial charge in [0.25, 0.3) is 0 Å². The Labute approximate surface area is 100 Å². The molecule has 0 amide bonds. The van der Waals surface area contributed by atoms with Crippen LogP contribution in [0.15, 0.2) is 24.3 Å². The molecule has 5 nitrogen and oxygen atoms in total. The highest BCUT2D eigenvalue weighted by atomic mass is 16.5. The molecular weight excluding hydrogens is 218 g/mol. The van der Waals surface area contributed by atoms with Gasteiger partial charge in [0.1, 0.15) is 5.84 Å². The van der Waals surface area contributed by atoms with Gasteiger partial charge >= 0.3 is 0 Å². The second-order valence-corrected chi connectivity index (χ2v) is 4.25. The van der Waals surface area contributed by atoms with Crippen LogP contribution in [0.3, 0.4) is 0 Å². The van der Waals surface area contributed by atoms with Crippen molar-refractivity contribution in [2.75, 3.05) is 18.0 Å². The van der Waals surface area contributed by atoms with E-state index in [9.17, 15) is 5.11 Å². The van der Waals surface area contributed by atoms with Crippen LogP contribution in [0.1, 0.15) is 18.4 Å². The number of benzene rings is 1. The first-order valence-electron chi connectivity index (χ1n) is 5.73. The molecule has 5 heteroatoms. The molecule has 92 valence electrons. The summed E-state index contributed by atoms with van der Waals surface area (Å²) in [5, 5.41) is 25.5. The number of hydrogen-bond acceptors (Lipinski definition) is 4. The van der Waals surface area contributed by atoms with Gasteiger partial charge < -0.3 is 10.0 Å². The van der Waals surface area contributed by atoms with Gasteiger partial charge in [-0.15, -0.1) is 0 Å². The van der Waals surface area contributed by atoms with Gasteiger partial charge in [-0.2, -0.15) is 0 Å². The molecule has 1 aliphatic rings. The Morgan fingerprint density at radius 3 is 2.35 bits per heavy atom. The van der Waals surface area contributed by atoms with Crippen LogP contribution in [-0.4, -0.2) is 35.3 Å². The number of anilines is 1. The Hall–Kier alpha value is -1.59. The second-order valence-electron chi connectivity index (χ2n) is 4.25. The van der Waals surface area contributed by atoms with E-state index in [2.05, 4.69) is 4.90 Å². The first-order chi connectivity index (χ1) is 8.20. The molecular formula is C12H17N3O2. The summed E-state index contributed by atoms with van der Waals surface area (Å²) in [4.78, 5) is 2.21. The van der Waals surface area contributed by atoms with Crippen molar-refractivity contribution < 1.29 is 10.3 Å². The third kappa shape index (κ3) is 2.75. The fourth-order valence-corrected chi connectivity index (χ4v) is 2.03. The normalized spacial score (nSPS) is 16.9. The smallest absolute Gasteiger partial charge is 0.149 e. The van der Waals surface area contributed by atoms with Crippen LogP contribution in [-0.2, 0) is 0 Å². The van der Waals surface area contributed by atoms with E-state index in [1.54, 1.807) is 12.1 Å². The summed E-state index contributed by atoms with van der Waals surface area (Å²) in [5.41, 5.74) is 3.56. The SMILES string of the molecule is N=C(NO)c1ccc(N2CCC(O)CC2)cc1. The summed E-state index contributed by atoms with van der Waals surface area (Å²) >= 11 is 0. The minimum absolute atomic E-state index is 0.00869. The van der Waals surface area contributed by atoms with Crippen LogP contribution < -0.4 is 10.4 Å². The number of hydroxylamine groups is 1. The van der Waals surface area contributed by atoms with Gasteiger partial charge in [-0.25, -0.2) is 0 Å². The average molecular weight is 235 g/mol. The van der Waals surface area contributed by atoms with Crippen molar-refractivity contribution >= 4 is 11.5 Å². The summed E-state index contributed by atoms with van der Waals surface area (Å²) in [7, 11) is 0. The number of rotatable bonds is 2. The van der Waals surface area contributed by atoms with E-state index in [0.29, 0.717) is 5.56 Å². The molecule has 1 aliphatic heterocycles. The van der Waals surface area contributed by atoms with Gasteiger partial charge in [0.15, 0.2) is 0 Å². The molecule has 1 heterocycles. The maximum absolute atomic E-state index is 9.43. The molecule has 4 N–H and O–H groups in total. The van der Waals surface area contributed by atoms with Crippen LogP contribution in [0.5, 0.6) is 0 Å². The largest absolute Gasteiger partial charge is 0.393 e. The maximum Gasteiger partial charge on any atom is 0.149 e. The summed E-state index contributed by atoms with van der Waals surface area (Å²) in [6, 6.07) is 7.45. The Bertz CT molecular complexity index is 383. The monoisotopic (exact) mass is 235 g/mol. The average Bonchev–Trinajstić information content (AvgIpc) is 2.39. The fourth-order valence-electron chi connectivity index (χ4n) is 2.03. The molecule has 0 atom stereocenters. The van der Waals surface area contributed by atoms with Gasteiger partial charge in [0.2, 0.25) is 0 Å². The highest BCUT2D eigenvalue weighted by Gasteiger charge is 2.17. The first-order valence-corrected chi connectivity index (χ1v) is 5.73. The number of piperidine rings is 1. The van der Waals surface area contributed by atoms with Crippen molar-refractivity contribution in [1.82, 2.24) is 5.48 Å². The fraction of sp³-hybridized carbons (Fsp3) is 0.417. The lowest BCUT2D eigenvalue weighted by Crippen LogP contribution is -2.35. The van der Waals surface area contributed by atoms with E-state index in [4.69, 9.17) is 10.6 Å². The molecule has 0 aromatic heterocycles. The van der Waals surface area contributed by atoms with Crippen molar-refractivity contribution in [2.45, 2.75) is 18.9 Å². The third-order valence-electron chi connectivity index (χ3n) is 3.10. The quantitative estimate of drug-likeness (QED) is 0.349. The highest BCUT2D eigenvalue weighted by molar-refractivity contribution is 5.95. The lowest BCUT2D eigenvalue weighted by Gasteiger charge is -2.31. The van der Waals surface area contributed by atoms with Gasteiger partial charge in [0.05, 0.1) is 6.10 Å². The molecule has 0 bridgehead atoms. The van der Waals surface area contributed by atoms with Crippen LogP contribution in [0.2, 0.25) is 0 Å². The molecule has 17 heavy (non-hydrogen) atoms. The topological polar surface area (TPSA) is 79.6 Å². The number of aliphatic hydroxyl groups is 1. The van der Waals surface area contributed by atoms with Crippen molar-refractivity contribution in [1.29, 1.82) is 5.41 Å². The zero-order chi connectivity index (χ0) is 12.3. The van der Waals surface area contributed by atoms with Crippen LogP contribution in [0.4, 0.5) is 5.69 Å². The van der Waals surface area contributed by atoms with E-state index < -0.39 is 0 Å². The van der Waals surface area contributed by atoms with Crippen LogP contribution in [0, 0.1) is 5.41 Å². The summed E-state index contributed by atoms with van der Waals surface area (Å²) < 4.78 is 0. The molecule has 1 aromatic carbocycles. The lowest BCUT2D eigenvalue weighted by molar-refractivity contribution is 0.145. The van der Waals surface area contributed by atoms with E-state index in [0.717, 1.165) is 31.6 Å². The van der Waals surface area contributed by atoms with Crippen LogP contribution >= 0.6 is 0 Å². The zero-order valence-corrected chi connectivity index (χ0v) is 9.56. The predicted octanol–water partition coefficient (Wildman–Crippen LogP) is 0.952. The van der Waals surface area contributed by atoms with E-state index in [-0.39, 0.29) is 11.9 Å². The van der Waals surface area contributed by atoms with Gasteiger partial charge in [-0.05, 0) is 37.1 Å². The van der Waals surface area contributed by atoms with Gasteiger partial charge in [-0.1, -0.05) is 0 Å². The van der Waals surface area contributed by atoms with Gasteiger partial charge in [0, 0.05) is 24.3 Å². The second kappa shape index (κ2) is 5.16. The molecule has 2 rings (SSSR count). The van der Waals surface area contributed by atoms with Crippen LogP contribution in [0.25, 0.3) is 0 Å². The summed E-state index contributed by atoms with van der Waals surface area (Å²) in [5.74, 6) is -0.00869. The van der Waals surface area contributed by atoms with Gasteiger partial charge in [-0.3, -0.25) is 16.1 Å². The molecule has 0 aliphatic carbocycles. The molecule has 1 saturated heterocycles. The maximum atomic E-state index is 9.43. The lowest BCUT2D eigenvalue weighted by atomic mass is 10.1. The zero-order valence-electron chi connectivity index (χ0n) is 9.56. The standard InChI is InChI=1S/C12H17N3O2/c13-12(14-17)9-1-3-10(4-2-9)15-7-5-11(16)6-8-15/h1-4,11,16-17H,5-8H2,(H2,13,14). The number of amidine groups is 1. The highest BCUT2D eigenvalue weighted by Crippen LogP contribution is 2.20. The Morgan fingerprint density at radius 2 is 1.82 bits per heavy atom. The minimum atomic E-state index is -0.169. The predicted molar refractivity (Wildman–Crippen MR) is 65.6 cm³/mol. The van der Waals surface area contributed by atoms with Crippen molar-refractivity contribution in [2.24, 2.45) is 0 Å². The Kier molecular flexibility index (Phi) is 3.61. The minimum Gasteiger partial charge on any atom is -0.393 e. The molecule has 0 unspecified atom stereocenters. The Balaban J connectivity index is 2.05. The number of aliphatic hydroxyl groups excluding tert-OH is 1. The van der Waals surface area contributed by atoms with Crippen molar-refractivity contribution in [3.05, 3.63) is 29.8 Å². The summed E-state index contributed by atoms with van der Waals surface area (Å²) in [6.45, 7) is 1.71. The van der Waals surface area contributed by atoms with E-state index >= 15 is 0 Å². The molecule has 0 radical (unpaired) electrons. The number of nitrogens with zero attached hydrogens (tertiary/aromatic N) is 1. The number of hydrogen-bond donors (Lipinski definition) is 4. The molecule has 0 spiro atoms. The molecule has 1 fully saturated rings. The number of nitrogens with one attached hydrogen (secondary N) is 2. The molecule has 0 saturated carbocycles. The summed E-state index contributed by atoms with van der Waals surface area (Å²) in [6.07, 6.45) is 1.43. The van der Waals surface area contributed by atoms with Crippen molar-refractivity contribution in [3.8, 4) is 0 Å². The first kappa shape index (κ1) is 11.9. The van der Waals surface area contributed by atoms with E-state index in [1.165, 1.54) is 0 Å².